The highest BCUT2D eigenvalue weighted by atomic mass is 32.2. The highest BCUT2D eigenvalue weighted by Gasteiger charge is 2.67. The quantitative estimate of drug-likeness (QED) is 0.837. The van der Waals surface area contributed by atoms with Gasteiger partial charge in [-0.25, -0.2) is 8.42 Å². The zero-order valence-corrected chi connectivity index (χ0v) is 17.2. The number of fused-ring (bicyclic) bond motifs is 5. The molecular weight excluding hydrogens is 376 g/mol. The van der Waals surface area contributed by atoms with Crippen molar-refractivity contribution in [2.24, 2.45) is 29.6 Å². The number of amides is 1. The molecule has 28 heavy (non-hydrogen) atoms. The molecule has 2 bridgehead atoms. The summed E-state index contributed by atoms with van der Waals surface area (Å²) < 4.78 is 33.0. The second kappa shape index (κ2) is 6.54. The van der Waals surface area contributed by atoms with Crippen LogP contribution in [0.1, 0.15) is 33.1 Å². The molecule has 1 N–H and O–H groups in total. The summed E-state index contributed by atoms with van der Waals surface area (Å²) in [7, 11) is -3.56. The Labute approximate surface area is 166 Å². The van der Waals surface area contributed by atoms with Crippen LogP contribution < -0.4 is 5.32 Å². The van der Waals surface area contributed by atoms with Crippen LogP contribution in [0.2, 0.25) is 0 Å². The highest BCUT2D eigenvalue weighted by Crippen LogP contribution is 2.69. The van der Waals surface area contributed by atoms with Crippen molar-refractivity contribution < 1.29 is 17.9 Å². The molecule has 0 radical (unpaired) electrons. The van der Waals surface area contributed by atoms with Crippen LogP contribution in [0.5, 0.6) is 0 Å². The molecule has 3 aliphatic carbocycles. The lowest BCUT2D eigenvalue weighted by atomic mass is 10.0. The number of hydrogen-bond acceptors (Lipinski definition) is 4. The van der Waals surface area contributed by atoms with Gasteiger partial charge < -0.3 is 10.1 Å². The maximum absolute atomic E-state index is 12.9. The molecule has 0 spiro atoms. The summed E-state index contributed by atoms with van der Waals surface area (Å²) in [5.41, 5.74) is 0.671. The lowest BCUT2D eigenvalue weighted by Gasteiger charge is -2.34. The number of rotatable bonds is 4. The zero-order chi connectivity index (χ0) is 19.6. The van der Waals surface area contributed by atoms with Crippen LogP contribution in [0.3, 0.4) is 0 Å². The Balaban J connectivity index is 1.25. The van der Waals surface area contributed by atoms with E-state index in [-0.39, 0.29) is 28.9 Å². The van der Waals surface area contributed by atoms with Gasteiger partial charge in [-0.2, -0.15) is 4.31 Å². The topological polar surface area (TPSA) is 75.7 Å². The summed E-state index contributed by atoms with van der Waals surface area (Å²) in [6.45, 7) is 4.49. The van der Waals surface area contributed by atoms with Gasteiger partial charge in [0.15, 0.2) is 0 Å². The van der Waals surface area contributed by atoms with Gasteiger partial charge in [-0.3, -0.25) is 4.79 Å². The van der Waals surface area contributed by atoms with Crippen molar-refractivity contribution in [2.75, 3.05) is 18.4 Å². The minimum Gasteiger partial charge on any atom is -0.373 e. The Kier molecular flexibility index (Phi) is 4.34. The summed E-state index contributed by atoms with van der Waals surface area (Å²) in [5, 5.41) is 3.01. The van der Waals surface area contributed by atoms with Gasteiger partial charge in [0, 0.05) is 24.7 Å². The third kappa shape index (κ3) is 2.99. The number of carbonyl (C=O) groups is 1. The van der Waals surface area contributed by atoms with Gasteiger partial charge in [-0.15, -0.1) is 0 Å². The lowest BCUT2D eigenvalue weighted by Crippen LogP contribution is -2.48. The number of morpholine rings is 1. The molecule has 0 unspecified atom stereocenters. The fourth-order valence-electron chi connectivity index (χ4n) is 6.09. The van der Waals surface area contributed by atoms with E-state index in [0.29, 0.717) is 30.6 Å². The van der Waals surface area contributed by atoms with E-state index in [0.717, 1.165) is 11.8 Å². The smallest absolute Gasteiger partial charge is 0.243 e. The fourth-order valence-corrected chi connectivity index (χ4v) is 7.68. The van der Waals surface area contributed by atoms with Crippen molar-refractivity contribution in [1.29, 1.82) is 0 Å². The Morgan fingerprint density at radius 2 is 1.61 bits per heavy atom. The van der Waals surface area contributed by atoms with E-state index >= 15 is 0 Å². The Hall–Kier alpha value is -1.44. The van der Waals surface area contributed by atoms with Crippen LogP contribution in [0, 0.1) is 29.6 Å². The molecular formula is C21H28N2O4S. The van der Waals surface area contributed by atoms with Crippen molar-refractivity contribution in [3.63, 3.8) is 0 Å². The van der Waals surface area contributed by atoms with Crippen LogP contribution >= 0.6 is 0 Å². The van der Waals surface area contributed by atoms with Gasteiger partial charge >= 0.3 is 0 Å². The first-order valence-electron chi connectivity index (χ1n) is 10.4. The molecule has 3 saturated carbocycles. The van der Waals surface area contributed by atoms with Crippen molar-refractivity contribution in [1.82, 2.24) is 4.31 Å². The second-order valence-corrected chi connectivity index (χ2v) is 11.0. The van der Waals surface area contributed by atoms with E-state index in [1.807, 2.05) is 13.8 Å². The average Bonchev–Trinajstić information content (AvgIpc) is 3.09. The molecule has 1 heterocycles. The van der Waals surface area contributed by atoms with E-state index in [4.69, 9.17) is 4.74 Å². The van der Waals surface area contributed by atoms with E-state index < -0.39 is 10.0 Å². The van der Waals surface area contributed by atoms with Crippen LogP contribution in [0.4, 0.5) is 5.69 Å². The fraction of sp³-hybridized carbons (Fsp3) is 0.667. The van der Waals surface area contributed by atoms with E-state index in [1.165, 1.54) is 23.6 Å². The first kappa shape index (κ1) is 18.6. The van der Waals surface area contributed by atoms with Gasteiger partial charge in [0.25, 0.3) is 0 Å². The third-order valence-electron chi connectivity index (χ3n) is 7.18. The number of carbonyl (C=O) groups excluding carboxylic acids is 1. The molecule has 7 heteroatoms. The van der Waals surface area contributed by atoms with Gasteiger partial charge in [0.1, 0.15) is 0 Å². The molecule has 1 saturated heterocycles. The van der Waals surface area contributed by atoms with Crippen LogP contribution in [-0.2, 0) is 19.6 Å². The molecule has 6 nitrogen and oxygen atoms in total. The van der Waals surface area contributed by atoms with E-state index in [2.05, 4.69) is 5.32 Å². The van der Waals surface area contributed by atoms with Crippen LogP contribution in [0.25, 0.3) is 0 Å². The first-order chi connectivity index (χ1) is 13.3. The Morgan fingerprint density at radius 1 is 1.04 bits per heavy atom. The summed E-state index contributed by atoms with van der Waals surface area (Å²) in [6.07, 6.45) is 3.67. The molecule has 1 aliphatic heterocycles. The number of hydrogen-bond donors (Lipinski definition) is 1. The second-order valence-electron chi connectivity index (χ2n) is 9.11. The van der Waals surface area contributed by atoms with Gasteiger partial charge in [0.05, 0.1) is 17.1 Å². The maximum Gasteiger partial charge on any atom is 0.243 e. The number of sulfonamides is 1. The predicted molar refractivity (Wildman–Crippen MR) is 105 cm³/mol. The normalized spacial score (nSPS) is 39.6. The number of benzene rings is 1. The molecule has 5 rings (SSSR count). The molecule has 1 aromatic rings. The van der Waals surface area contributed by atoms with Crippen molar-refractivity contribution in [2.45, 2.75) is 50.2 Å². The number of ether oxygens (including phenoxy) is 1. The molecule has 152 valence electrons. The van der Waals surface area contributed by atoms with Gasteiger partial charge in [-0.1, -0.05) is 0 Å². The lowest BCUT2D eigenvalue weighted by molar-refractivity contribution is -0.118. The molecule has 6 atom stereocenters. The monoisotopic (exact) mass is 404 g/mol. The number of anilines is 1. The summed E-state index contributed by atoms with van der Waals surface area (Å²) in [6, 6.07) is 6.58. The average molecular weight is 405 g/mol. The highest BCUT2D eigenvalue weighted by molar-refractivity contribution is 7.89. The predicted octanol–water partition coefficient (Wildman–Crippen LogP) is 2.72. The van der Waals surface area contributed by atoms with Crippen LogP contribution in [0.15, 0.2) is 29.2 Å². The zero-order valence-electron chi connectivity index (χ0n) is 16.4. The largest absolute Gasteiger partial charge is 0.373 e. The minimum absolute atomic E-state index is 0.109. The molecule has 1 amide bonds. The summed E-state index contributed by atoms with van der Waals surface area (Å²) in [5.74, 6) is 3.00. The number of nitrogens with one attached hydrogen (secondary N) is 1. The van der Waals surface area contributed by atoms with Gasteiger partial charge in [0.2, 0.25) is 15.9 Å². The van der Waals surface area contributed by atoms with Crippen LogP contribution in [-0.4, -0.2) is 43.9 Å². The molecule has 0 aromatic heterocycles. The number of nitrogens with zero attached hydrogens (tertiary/aromatic N) is 1. The van der Waals surface area contributed by atoms with E-state index in [1.54, 1.807) is 24.3 Å². The Bertz CT molecular complexity index is 858. The first-order valence-corrected chi connectivity index (χ1v) is 11.8. The standard InChI is InChI=1S/C21H28N2O4S/c1-12-10-23(11-13(2)27-12)28(25,26)17-7-5-16(6-8-17)22-21(24)20-18-14-3-4-15(9-14)19(18)20/h5-8,12-15,18-20H,3-4,9-11H2,1-2H3,(H,22,24)/t12-,13+,14-,15-,18+,19+/m0/s1. The van der Waals surface area contributed by atoms with Crippen molar-refractivity contribution in [3.8, 4) is 0 Å². The summed E-state index contributed by atoms with van der Waals surface area (Å²) >= 11 is 0. The Morgan fingerprint density at radius 3 is 2.18 bits per heavy atom. The van der Waals surface area contributed by atoms with Gasteiger partial charge in [-0.05, 0) is 81.0 Å². The van der Waals surface area contributed by atoms with E-state index in [9.17, 15) is 13.2 Å². The molecule has 4 aliphatic rings. The third-order valence-corrected chi connectivity index (χ3v) is 9.03. The molecule has 1 aromatic carbocycles. The summed E-state index contributed by atoms with van der Waals surface area (Å²) in [4.78, 5) is 12.9. The SMILES string of the molecule is C[C@@H]1CN(S(=O)(=O)c2ccc(NC(=O)C3[C@@H]4[C@H]5CC[C@@H](C5)[C@@H]34)cc2)C[C@H](C)O1. The van der Waals surface area contributed by atoms with Crippen molar-refractivity contribution in [3.05, 3.63) is 24.3 Å². The minimum atomic E-state index is -3.56. The maximum atomic E-state index is 12.9. The van der Waals surface area contributed by atoms with Crippen molar-refractivity contribution >= 4 is 21.6 Å². The molecule has 4 fully saturated rings.